The third-order valence-corrected chi connectivity index (χ3v) is 5.74. The molecule has 2 aromatic heterocycles. The first-order valence-corrected chi connectivity index (χ1v) is 9.93. The molecule has 0 spiro atoms. The zero-order chi connectivity index (χ0) is 19.1. The predicted octanol–water partition coefficient (Wildman–Crippen LogP) is 2.05. The average molecular weight is 376 g/mol. The Kier molecular flexibility index (Phi) is 4.92. The van der Waals surface area contributed by atoms with Crippen molar-refractivity contribution in [2.24, 2.45) is 14.1 Å². The van der Waals surface area contributed by atoms with Crippen LogP contribution in [0.2, 0.25) is 0 Å². The molecule has 0 unspecified atom stereocenters. The molecular weight excluding hydrogens is 352 g/mol. The van der Waals surface area contributed by atoms with E-state index in [1.54, 1.807) is 17.7 Å². The number of hydrogen-bond donors (Lipinski definition) is 2. The summed E-state index contributed by atoms with van der Waals surface area (Å²) in [6, 6.07) is 7.54. The highest BCUT2D eigenvalue weighted by Gasteiger charge is 2.22. The molecule has 0 aliphatic heterocycles. The number of nitrogens with zero attached hydrogens (tertiary/aromatic N) is 3. The molecule has 2 N–H and O–H groups in total. The van der Waals surface area contributed by atoms with Gasteiger partial charge < -0.3 is 14.2 Å². The summed E-state index contributed by atoms with van der Waals surface area (Å²) in [4.78, 5) is 4.20. The van der Waals surface area contributed by atoms with Crippen molar-refractivity contribution in [1.29, 1.82) is 0 Å². The maximum atomic E-state index is 12.5. The van der Waals surface area contributed by atoms with Crippen molar-refractivity contribution in [2.75, 3.05) is 6.54 Å². The molecule has 0 saturated carbocycles. The number of benzene rings is 1. The van der Waals surface area contributed by atoms with Crippen LogP contribution in [-0.4, -0.2) is 34.2 Å². The first-order chi connectivity index (χ1) is 12.2. The van der Waals surface area contributed by atoms with Gasteiger partial charge in [0.1, 0.15) is 5.82 Å². The van der Waals surface area contributed by atoms with Crippen molar-refractivity contribution >= 4 is 20.9 Å². The van der Waals surface area contributed by atoms with Gasteiger partial charge in [-0.3, -0.25) is 0 Å². The van der Waals surface area contributed by atoms with Gasteiger partial charge in [0.05, 0.1) is 6.10 Å². The number of rotatable bonds is 6. The smallest absolute Gasteiger partial charge is 0.259 e. The molecule has 0 fully saturated rings. The third-order valence-electron chi connectivity index (χ3n) is 4.44. The highest BCUT2D eigenvalue weighted by atomic mass is 32.2. The van der Waals surface area contributed by atoms with E-state index in [9.17, 15) is 13.5 Å². The summed E-state index contributed by atoms with van der Waals surface area (Å²) in [5.74, 6) is 0.813. The van der Waals surface area contributed by atoms with E-state index >= 15 is 0 Å². The SMILES string of the molecule is CC(C)c1nc(S(=O)(=O)NC[C@@H](O)c2ccc3c(ccn3C)c2)cn1C. The second-order valence-corrected chi connectivity index (χ2v) is 8.53. The predicted molar refractivity (Wildman–Crippen MR) is 100 cm³/mol. The number of hydrogen-bond acceptors (Lipinski definition) is 4. The van der Waals surface area contributed by atoms with Crippen molar-refractivity contribution in [1.82, 2.24) is 18.8 Å². The summed E-state index contributed by atoms with van der Waals surface area (Å²) in [6.45, 7) is 3.79. The minimum absolute atomic E-state index is 0.0330. The van der Waals surface area contributed by atoms with Crippen LogP contribution in [0.3, 0.4) is 0 Å². The highest BCUT2D eigenvalue weighted by Crippen LogP contribution is 2.21. The van der Waals surface area contributed by atoms with E-state index in [-0.39, 0.29) is 17.5 Å². The number of aryl methyl sites for hydroxylation is 2. The van der Waals surface area contributed by atoms with E-state index in [4.69, 9.17) is 0 Å². The molecular formula is C18H24N4O3S. The molecule has 8 heteroatoms. The van der Waals surface area contributed by atoms with Gasteiger partial charge in [0.15, 0.2) is 5.03 Å². The fraction of sp³-hybridized carbons (Fsp3) is 0.389. The molecule has 0 aliphatic rings. The van der Waals surface area contributed by atoms with Gasteiger partial charge in [-0.1, -0.05) is 19.9 Å². The molecule has 26 heavy (non-hydrogen) atoms. The standard InChI is InChI=1S/C18H24N4O3S/c1-12(2)18-20-17(11-22(18)4)26(24,25)19-10-16(23)14-5-6-15-13(9-14)7-8-21(15)3/h5-9,11-12,16,19,23H,10H2,1-4H3/t16-/m1/s1. The Morgan fingerprint density at radius 2 is 1.92 bits per heavy atom. The number of aromatic nitrogens is 3. The number of sulfonamides is 1. The molecule has 0 aliphatic carbocycles. The molecule has 0 amide bonds. The van der Waals surface area contributed by atoms with E-state index < -0.39 is 16.1 Å². The summed E-state index contributed by atoms with van der Waals surface area (Å²) in [7, 11) is -0.0646. The van der Waals surface area contributed by atoms with Gasteiger partial charge in [0.2, 0.25) is 0 Å². The number of imidazole rings is 1. The molecule has 1 aromatic carbocycles. The van der Waals surface area contributed by atoms with E-state index in [1.165, 1.54) is 6.20 Å². The summed E-state index contributed by atoms with van der Waals surface area (Å²) >= 11 is 0. The molecule has 3 aromatic rings. The lowest BCUT2D eigenvalue weighted by Crippen LogP contribution is -2.28. The summed E-state index contributed by atoms with van der Waals surface area (Å²) in [5, 5.41) is 11.4. The Labute approximate surface area is 153 Å². The van der Waals surface area contributed by atoms with Crippen LogP contribution in [0.1, 0.15) is 37.3 Å². The molecule has 140 valence electrons. The van der Waals surface area contributed by atoms with E-state index in [2.05, 4.69) is 9.71 Å². The third kappa shape index (κ3) is 3.53. The highest BCUT2D eigenvalue weighted by molar-refractivity contribution is 7.89. The van der Waals surface area contributed by atoms with E-state index in [0.29, 0.717) is 11.4 Å². The lowest BCUT2D eigenvalue weighted by atomic mass is 10.1. The van der Waals surface area contributed by atoms with Crippen molar-refractivity contribution in [2.45, 2.75) is 30.9 Å². The molecule has 1 atom stereocenters. The van der Waals surface area contributed by atoms with Gasteiger partial charge in [0, 0.05) is 44.5 Å². The van der Waals surface area contributed by atoms with Crippen molar-refractivity contribution in [3.05, 3.63) is 48.0 Å². The topological polar surface area (TPSA) is 89.2 Å². The van der Waals surface area contributed by atoms with Crippen LogP contribution in [0.15, 0.2) is 41.7 Å². The van der Waals surface area contributed by atoms with Crippen LogP contribution >= 0.6 is 0 Å². The van der Waals surface area contributed by atoms with Crippen LogP contribution in [-0.2, 0) is 24.1 Å². The molecule has 0 bridgehead atoms. The molecule has 7 nitrogen and oxygen atoms in total. The number of fused-ring (bicyclic) bond motifs is 1. The normalized spacial score (nSPS) is 13.6. The number of nitrogens with one attached hydrogen (secondary N) is 1. The maximum Gasteiger partial charge on any atom is 0.259 e. The minimum atomic E-state index is -3.78. The minimum Gasteiger partial charge on any atom is -0.387 e. The first-order valence-electron chi connectivity index (χ1n) is 8.45. The lowest BCUT2D eigenvalue weighted by molar-refractivity contribution is 0.182. The van der Waals surface area contributed by atoms with Crippen molar-refractivity contribution in [3.8, 4) is 0 Å². The number of aliphatic hydroxyl groups is 1. The quantitative estimate of drug-likeness (QED) is 0.689. The van der Waals surface area contributed by atoms with Crippen LogP contribution in [0.4, 0.5) is 0 Å². The fourth-order valence-electron chi connectivity index (χ4n) is 3.01. The molecule has 2 heterocycles. The van der Waals surface area contributed by atoms with Crippen LogP contribution in [0.25, 0.3) is 10.9 Å². The zero-order valence-corrected chi connectivity index (χ0v) is 16.2. The summed E-state index contributed by atoms with van der Waals surface area (Å²) in [5.41, 5.74) is 1.71. The van der Waals surface area contributed by atoms with Crippen molar-refractivity contribution < 1.29 is 13.5 Å². The Bertz CT molecular complexity index is 1030. The Morgan fingerprint density at radius 1 is 1.19 bits per heavy atom. The van der Waals surface area contributed by atoms with E-state index in [1.807, 2.05) is 49.9 Å². The summed E-state index contributed by atoms with van der Waals surface area (Å²) < 4.78 is 31.1. The van der Waals surface area contributed by atoms with Gasteiger partial charge in [0.25, 0.3) is 10.0 Å². The van der Waals surface area contributed by atoms with Gasteiger partial charge in [-0.25, -0.2) is 18.1 Å². The van der Waals surface area contributed by atoms with Crippen LogP contribution < -0.4 is 4.72 Å². The summed E-state index contributed by atoms with van der Waals surface area (Å²) in [6.07, 6.45) is 2.49. The van der Waals surface area contributed by atoms with Gasteiger partial charge in [-0.05, 0) is 29.1 Å². The monoisotopic (exact) mass is 376 g/mol. The first kappa shape index (κ1) is 18.6. The Morgan fingerprint density at radius 3 is 2.58 bits per heavy atom. The van der Waals surface area contributed by atoms with Crippen LogP contribution in [0.5, 0.6) is 0 Å². The Balaban J connectivity index is 1.74. The maximum absolute atomic E-state index is 12.5. The second kappa shape index (κ2) is 6.86. The zero-order valence-electron chi connectivity index (χ0n) is 15.3. The van der Waals surface area contributed by atoms with Crippen LogP contribution in [0, 0.1) is 0 Å². The van der Waals surface area contributed by atoms with Crippen molar-refractivity contribution in [3.63, 3.8) is 0 Å². The second-order valence-electron chi connectivity index (χ2n) is 6.82. The lowest BCUT2D eigenvalue weighted by Gasteiger charge is -2.12. The Hall–Kier alpha value is -2.16. The number of aliphatic hydroxyl groups excluding tert-OH is 1. The largest absolute Gasteiger partial charge is 0.387 e. The fourth-order valence-corrected chi connectivity index (χ4v) is 4.04. The molecule has 3 rings (SSSR count). The van der Waals surface area contributed by atoms with Gasteiger partial charge in [-0.2, -0.15) is 0 Å². The molecule has 0 saturated heterocycles. The average Bonchev–Trinajstić information content (AvgIpc) is 3.16. The molecule has 0 radical (unpaired) electrons. The van der Waals surface area contributed by atoms with Gasteiger partial charge in [-0.15, -0.1) is 0 Å². The van der Waals surface area contributed by atoms with Gasteiger partial charge >= 0.3 is 0 Å². The van der Waals surface area contributed by atoms with E-state index in [0.717, 1.165) is 10.9 Å².